The molecule has 31 heteroatoms. The zero-order valence-electron chi connectivity index (χ0n) is 52.0. The van der Waals surface area contributed by atoms with E-state index in [0.717, 1.165) is 27.6 Å². The Hall–Kier alpha value is -10.8. The van der Waals surface area contributed by atoms with Crippen molar-refractivity contribution in [2.75, 3.05) is 26.8 Å². The fourth-order valence-electron chi connectivity index (χ4n) is 11.9. The first-order valence-electron chi connectivity index (χ1n) is 30.4. The number of hydrogen-bond acceptors (Lipinski definition) is 15. The van der Waals surface area contributed by atoms with E-state index < -0.39 is 65.4 Å². The number of halogens is 11. The van der Waals surface area contributed by atoms with E-state index in [1.165, 1.54) is 19.2 Å². The van der Waals surface area contributed by atoms with Crippen LogP contribution in [0.5, 0.6) is 0 Å². The van der Waals surface area contributed by atoms with Crippen LogP contribution in [0.15, 0.2) is 183 Å². The summed E-state index contributed by atoms with van der Waals surface area (Å²) in [6.07, 6.45) is -2.00. The highest BCUT2D eigenvalue weighted by atomic mass is 32.3. The molecule has 2 N–H and O–H groups in total. The van der Waals surface area contributed by atoms with Gasteiger partial charge in [-0.3, -0.25) is 23.2 Å². The number of hydrogen-bond donors (Lipinski definition) is 2. The Balaban J connectivity index is 0.000000162. The van der Waals surface area contributed by atoms with Crippen molar-refractivity contribution in [3.8, 4) is 68.1 Å². The smallest absolute Gasteiger partial charge is 0.383 e. The van der Waals surface area contributed by atoms with Gasteiger partial charge in [0.1, 0.15) is 5.78 Å². The highest BCUT2D eigenvalue weighted by molar-refractivity contribution is 8.18. The number of nitrogens with one attached hydrogen (secondary N) is 2. The molecule has 2 amide bonds. The molecule has 99 heavy (non-hydrogen) atoms. The van der Waals surface area contributed by atoms with Gasteiger partial charge in [0.15, 0.2) is 22.9 Å². The maximum atomic E-state index is 13.9. The maximum Gasteiger partial charge on any atom is 0.471 e. The average Bonchev–Trinajstić information content (AvgIpc) is 1.73. The number of carbonyl (C=O) groups excluding carboxylic acids is 3. The number of ether oxygens (including phenoxy) is 1. The highest BCUT2D eigenvalue weighted by Crippen LogP contribution is 2.56. The number of ketones is 1. The van der Waals surface area contributed by atoms with Crippen molar-refractivity contribution < 1.29 is 65.9 Å². The van der Waals surface area contributed by atoms with Crippen molar-refractivity contribution in [1.29, 1.82) is 0 Å². The van der Waals surface area contributed by atoms with Crippen LogP contribution in [0.2, 0.25) is 0 Å². The van der Waals surface area contributed by atoms with E-state index in [-0.39, 0.29) is 43.9 Å². The third kappa shape index (κ3) is 14.3. The molecule has 8 heterocycles. The molecular weight excluding hydrogens is 1330 g/mol. The zero-order valence-corrected chi connectivity index (χ0v) is 52.8. The van der Waals surface area contributed by atoms with Gasteiger partial charge < -0.3 is 15.4 Å². The summed E-state index contributed by atoms with van der Waals surface area (Å²) < 4.78 is 151. The number of carbonyl (C=O) groups is 3. The number of rotatable bonds is 16. The summed E-state index contributed by atoms with van der Waals surface area (Å²) in [4.78, 5) is 62.4. The molecule has 19 nitrogen and oxygen atoms in total. The number of Topliss-reactive ketones (excluding diaryl/α,β-unsaturated/α-hetero) is 1. The number of alkyl halides is 8. The highest BCUT2D eigenvalue weighted by Gasteiger charge is 2.60. The molecule has 2 aliphatic rings. The van der Waals surface area contributed by atoms with Crippen LogP contribution in [0.3, 0.4) is 0 Å². The van der Waals surface area contributed by atoms with E-state index >= 15 is 0 Å². The second kappa shape index (κ2) is 27.3. The predicted molar refractivity (Wildman–Crippen MR) is 345 cm³/mol. The van der Waals surface area contributed by atoms with Crippen molar-refractivity contribution in [2.45, 2.75) is 68.4 Å². The number of aromatic nitrogens is 12. The van der Waals surface area contributed by atoms with E-state index in [9.17, 15) is 61.2 Å². The zero-order chi connectivity index (χ0) is 70.1. The molecule has 0 radical (unpaired) electrons. The van der Waals surface area contributed by atoms with Crippen molar-refractivity contribution in [3.05, 3.63) is 194 Å². The number of nitrogens with zero attached hydrogens (tertiary/aromatic N) is 13. The molecule has 0 spiro atoms. The van der Waals surface area contributed by atoms with Crippen LogP contribution in [0.1, 0.15) is 50.2 Å². The molecule has 0 aliphatic heterocycles. The Labute approximate surface area is 556 Å². The summed E-state index contributed by atoms with van der Waals surface area (Å²) in [7, 11) is 1.40. The van der Waals surface area contributed by atoms with Gasteiger partial charge in [0.05, 0.1) is 40.1 Å². The lowest BCUT2D eigenvalue weighted by atomic mass is 9.68. The predicted octanol–water partition coefficient (Wildman–Crippen LogP) is 14.4. The molecule has 0 atom stereocenters. The van der Waals surface area contributed by atoms with Gasteiger partial charge in [-0.2, -0.15) is 30.6 Å². The third-order valence-corrected chi connectivity index (χ3v) is 17.5. The van der Waals surface area contributed by atoms with E-state index in [1.54, 1.807) is 108 Å². The van der Waals surface area contributed by atoms with Gasteiger partial charge in [0, 0.05) is 116 Å². The maximum absolute atomic E-state index is 13.9. The second-order valence-corrected chi connectivity index (χ2v) is 24.5. The minimum atomic E-state index is -5.21. The lowest BCUT2D eigenvalue weighted by Crippen LogP contribution is -2.61. The third-order valence-electron chi connectivity index (χ3n) is 16.5. The molecule has 8 aromatic heterocycles. The monoisotopic (exact) mass is 1390 g/mol. The van der Waals surface area contributed by atoms with Gasteiger partial charge in [0.25, 0.3) is 17.3 Å². The van der Waals surface area contributed by atoms with Crippen LogP contribution < -0.4 is 10.6 Å². The fraction of sp³-hybridized carbons (Fsp3) is 0.221. The summed E-state index contributed by atoms with van der Waals surface area (Å²) in [5.74, 6) is -5.99. The van der Waals surface area contributed by atoms with Crippen LogP contribution >= 0.6 is 11.4 Å². The van der Waals surface area contributed by atoms with E-state index in [2.05, 4.69) is 45.1 Å². The first-order valence-corrected chi connectivity index (χ1v) is 31.6. The normalized spacial score (nSPS) is 14.9. The number of amides is 2. The Bertz CT molecular complexity index is 4920. The van der Waals surface area contributed by atoms with Crippen LogP contribution in [0, 0.1) is 0 Å². The number of methoxy groups -OCH3 is 1. The van der Waals surface area contributed by atoms with E-state index in [1.807, 2.05) is 89.5 Å². The Kier molecular flexibility index (Phi) is 18.8. The Morgan fingerprint density at radius 2 is 0.970 bits per heavy atom. The summed E-state index contributed by atoms with van der Waals surface area (Å²) >= 11 is -5.05. The summed E-state index contributed by atoms with van der Waals surface area (Å²) in [5.41, 5.74) is 5.41. The number of pyridine rings is 4. The van der Waals surface area contributed by atoms with Gasteiger partial charge in [-0.05, 0) is 65.1 Å². The molecular formula is C68H54F11N15O4S. The van der Waals surface area contributed by atoms with Gasteiger partial charge in [-0.25, -0.2) is 38.7 Å². The quantitative estimate of drug-likeness (QED) is 0.0858. The molecule has 2 aliphatic carbocycles. The van der Waals surface area contributed by atoms with Gasteiger partial charge in [-0.15, -0.1) is 32.1 Å². The SMILES string of the molecule is CCCN(CCOC)S(F)(F)F.O=C(NC1(c2ccc(-c3nc4ccn5c(-c6ncccn6)nnc5c4cc3-c3ccccc3)cc2)CC(F)(F)C1)C(F)(F)F.O=C1CC(NC(=O)C(F)(F)F)(c2ccc(-c3nc4ccn5c(-c6ncccn6)nnc5c4cc3-c3ccccc3)cc2)C1. The van der Waals surface area contributed by atoms with E-state index in [4.69, 9.17) is 9.97 Å². The summed E-state index contributed by atoms with van der Waals surface area (Å²) in [5, 5.41) is 22.7. The molecule has 14 rings (SSSR count). The molecule has 2 saturated carbocycles. The minimum Gasteiger partial charge on any atom is -0.383 e. The molecule has 2 fully saturated rings. The van der Waals surface area contributed by atoms with Gasteiger partial charge in [-0.1, -0.05) is 116 Å². The molecule has 4 aromatic carbocycles. The van der Waals surface area contributed by atoms with Crippen LogP contribution in [-0.2, 0) is 30.2 Å². The van der Waals surface area contributed by atoms with Crippen molar-refractivity contribution >= 4 is 62.1 Å². The average molecular weight is 1390 g/mol. The largest absolute Gasteiger partial charge is 0.471 e. The summed E-state index contributed by atoms with van der Waals surface area (Å²) in [6.45, 7) is 1.88. The van der Waals surface area contributed by atoms with Gasteiger partial charge in [0.2, 0.25) is 11.6 Å². The first-order chi connectivity index (χ1) is 47.3. The van der Waals surface area contributed by atoms with Crippen LogP contribution in [-0.4, -0.2) is 126 Å². The van der Waals surface area contributed by atoms with Crippen LogP contribution in [0.25, 0.3) is 101 Å². The Morgan fingerprint density at radius 3 is 1.34 bits per heavy atom. The van der Waals surface area contributed by atoms with E-state index in [0.29, 0.717) is 89.8 Å². The standard InChI is InChI=1S/C31H20F5N7O.C31H20F3N7O2.C6H14F3NOS/c32-30(33)16-29(17-30,40-28(44)31(34,35)36)20-9-7-19(8-10-20)24-21(18-5-2-1-3-6-18)15-22-23(39-24)11-14-43-26(22)41-42-27(43)25-37-12-4-13-38-25;32-31(33,34)29(43)38-30(16-21(42)17-30)20-9-7-19(8-10-20)25-22(18-5-2-1-3-6-18)15-23-24(37-25)11-14-41-27(23)39-40-28(41)26-35-12-4-13-36-26;1-3-4-10(5-6-11-2)12(7,8)9/h1-15H,16-17H2,(H,40,44);1-15H,16-17H2,(H,38,43);3-6H2,1-2H3. The molecule has 0 saturated heterocycles. The molecule has 508 valence electrons. The lowest BCUT2D eigenvalue weighted by Gasteiger charge is -2.48. The number of fused-ring (bicyclic) bond motifs is 6. The lowest BCUT2D eigenvalue weighted by molar-refractivity contribution is -0.186. The minimum absolute atomic E-state index is 0.0524. The molecule has 12 aromatic rings. The first kappa shape index (κ1) is 68.2. The Morgan fingerprint density at radius 1 is 0.556 bits per heavy atom. The van der Waals surface area contributed by atoms with Gasteiger partial charge >= 0.3 is 24.2 Å². The molecule has 0 unspecified atom stereocenters. The fourth-order valence-corrected chi connectivity index (χ4v) is 12.5. The van der Waals surface area contributed by atoms with Crippen molar-refractivity contribution in [2.24, 2.45) is 0 Å². The second-order valence-electron chi connectivity index (χ2n) is 23.2. The number of benzene rings is 4. The summed E-state index contributed by atoms with van der Waals surface area (Å²) in [6, 6.07) is 42.9. The van der Waals surface area contributed by atoms with Crippen molar-refractivity contribution in [1.82, 2.24) is 74.0 Å². The van der Waals surface area contributed by atoms with Crippen LogP contribution in [0.4, 0.5) is 46.8 Å². The van der Waals surface area contributed by atoms with Crippen molar-refractivity contribution in [3.63, 3.8) is 0 Å². The molecule has 0 bridgehead atoms. The topological polar surface area (TPSA) is 225 Å².